The summed E-state index contributed by atoms with van der Waals surface area (Å²) in [5, 5.41) is 16.7. The molecule has 1 atom stereocenters. The Hall–Kier alpha value is -2.45. The summed E-state index contributed by atoms with van der Waals surface area (Å²) >= 11 is 0. The van der Waals surface area contributed by atoms with E-state index >= 15 is 0 Å². The zero-order valence-corrected chi connectivity index (χ0v) is 14.0. The number of nitrogens with one attached hydrogen (secondary N) is 1. The van der Waals surface area contributed by atoms with Crippen molar-refractivity contribution in [1.29, 1.82) is 0 Å². The molecule has 8 nitrogen and oxygen atoms in total. The Kier molecular flexibility index (Phi) is 6.28. The largest absolute Gasteiger partial charge is 0.493 e. The van der Waals surface area contributed by atoms with Gasteiger partial charge in [-0.2, -0.15) is 5.10 Å². The summed E-state index contributed by atoms with van der Waals surface area (Å²) in [5.41, 5.74) is 0.548. The number of aromatic nitrogens is 3. The molecule has 0 spiro atoms. The molecule has 0 aliphatic rings. The van der Waals surface area contributed by atoms with E-state index in [1.807, 2.05) is 11.9 Å². The smallest absolute Gasteiger partial charge is 0.161 e. The van der Waals surface area contributed by atoms with Crippen LogP contribution in [0.5, 0.6) is 11.5 Å². The van der Waals surface area contributed by atoms with E-state index in [1.54, 1.807) is 18.2 Å². The number of rotatable bonds is 9. The van der Waals surface area contributed by atoms with Gasteiger partial charge in [-0.3, -0.25) is 14.8 Å². The van der Waals surface area contributed by atoms with Crippen LogP contribution in [0, 0.1) is 0 Å². The molecule has 0 amide bonds. The van der Waals surface area contributed by atoms with Gasteiger partial charge in [-0.05, 0) is 32.2 Å². The number of carbonyl (C=O) groups is 1. The van der Waals surface area contributed by atoms with Crippen molar-refractivity contribution < 1.29 is 19.4 Å². The second-order valence-corrected chi connectivity index (χ2v) is 5.52. The number of aromatic amines is 1. The van der Waals surface area contributed by atoms with Gasteiger partial charge in [-0.15, -0.1) is 0 Å². The molecule has 0 unspecified atom stereocenters. The van der Waals surface area contributed by atoms with Crippen molar-refractivity contribution in [3.8, 4) is 11.5 Å². The van der Waals surface area contributed by atoms with Gasteiger partial charge in [-0.25, -0.2) is 4.98 Å². The topological polar surface area (TPSA) is 101 Å². The van der Waals surface area contributed by atoms with Crippen molar-refractivity contribution >= 4 is 5.78 Å². The lowest BCUT2D eigenvalue weighted by Gasteiger charge is -2.20. The third-order valence-corrected chi connectivity index (χ3v) is 3.41. The Morgan fingerprint density at radius 3 is 2.83 bits per heavy atom. The Balaban J connectivity index is 1.86. The van der Waals surface area contributed by atoms with Crippen LogP contribution < -0.4 is 9.47 Å². The van der Waals surface area contributed by atoms with Crippen LogP contribution in [0.3, 0.4) is 0 Å². The van der Waals surface area contributed by atoms with Crippen LogP contribution in [0.2, 0.25) is 0 Å². The maximum Gasteiger partial charge on any atom is 0.161 e. The second-order valence-electron chi connectivity index (χ2n) is 5.52. The van der Waals surface area contributed by atoms with Gasteiger partial charge in [0, 0.05) is 12.1 Å². The lowest BCUT2D eigenvalue weighted by Crippen LogP contribution is -2.33. The maximum absolute atomic E-state index is 11.4. The fraction of sp³-hybridized carbons (Fsp3) is 0.438. The summed E-state index contributed by atoms with van der Waals surface area (Å²) in [4.78, 5) is 17.3. The van der Waals surface area contributed by atoms with Crippen LogP contribution in [-0.4, -0.2) is 64.4 Å². The summed E-state index contributed by atoms with van der Waals surface area (Å²) < 4.78 is 10.8. The summed E-state index contributed by atoms with van der Waals surface area (Å²) in [6.07, 6.45) is 0.759. The van der Waals surface area contributed by atoms with E-state index in [0.717, 1.165) is 5.82 Å². The van der Waals surface area contributed by atoms with E-state index in [4.69, 9.17) is 9.47 Å². The molecule has 0 aliphatic heterocycles. The predicted molar refractivity (Wildman–Crippen MR) is 87.2 cm³/mol. The zero-order valence-electron chi connectivity index (χ0n) is 14.0. The SMILES string of the molecule is COc1cc(C(C)=O)ccc1OC[C@H](O)CN(C)Cc1ncn[nH]1. The van der Waals surface area contributed by atoms with Crippen LogP contribution >= 0.6 is 0 Å². The molecule has 8 heteroatoms. The fourth-order valence-electron chi connectivity index (χ4n) is 2.23. The normalized spacial score (nSPS) is 12.2. The predicted octanol–water partition coefficient (Wildman–Crippen LogP) is 0.888. The van der Waals surface area contributed by atoms with Crippen molar-refractivity contribution in [3.63, 3.8) is 0 Å². The summed E-state index contributed by atoms with van der Waals surface area (Å²) in [6, 6.07) is 4.96. The first-order valence-corrected chi connectivity index (χ1v) is 7.52. The van der Waals surface area contributed by atoms with Crippen LogP contribution in [0.15, 0.2) is 24.5 Å². The minimum Gasteiger partial charge on any atom is -0.493 e. The number of likely N-dealkylation sites (N-methyl/N-ethyl adjacent to an activating group) is 1. The lowest BCUT2D eigenvalue weighted by atomic mass is 10.1. The number of H-pyrrole nitrogens is 1. The van der Waals surface area contributed by atoms with Gasteiger partial charge >= 0.3 is 0 Å². The number of aliphatic hydroxyl groups is 1. The molecule has 0 aliphatic carbocycles. The number of Topliss-reactive ketones (excluding diaryl/α,β-unsaturated/α-hetero) is 1. The Morgan fingerprint density at radius 2 is 2.21 bits per heavy atom. The Morgan fingerprint density at radius 1 is 1.42 bits per heavy atom. The van der Waals surface area contributed by atoms with E-state index in [9.17, 15) is 9.90 Å². The molecular formula is C16H22N4O4. The van der Waals surface area contributed by atoms with E-state index in [-0.39, 0.29) is 12.4 Å². The third-order valence-electron chi connectivity index (χ3n) is 3.41. The minimum atomic E-state index is -0.685. The van der Waals surface area contributed by atoms with E-state index in [1.165, 1.54) is 20.4 Å². The second kappa shape index (κ2) is 8.42. The van der Waals surface area contributed by atoms with Gasteiger partial charge in [0.25, 0.3) is 0 Å². The highest BCUT2D eigenvalue weighted by Gasteiger charge is 2.13. The lowest BCUT2D eigenvalue weighted by molar-refractivity contribution is 0.0726. The van der Waals surface area contributed by atoms with Gasteiger partial charge in [0.05, 0.1) is 13.7 Å². The van der Waals surface area contributed by atoms with Gasteiger partial charge in [0.2, 0.25) is 0 Å². The van der Waals surface area contributed by atoms with Crippen molar-refractivity contribution in [2.75, 3.05) is 27.3 Å². The van der Waals surface area contributed by atoms with E-state index in [2.05, 4.69) is 15.2 Å². The molecule has 1 heterocycles. The van der Waals surface area contributed by atoms with Crippen LogP contribution in [0.4, 0.5) is 0 Å². The van der Waals surface area contributed by atoms with Gasteiger partial charge in [-0.1, -0.05) is 0 Å². The van der Waals surface area contributed by atoms with Crippen LogP contribution in [0.25, 0.3) is 0 Å². The molecule has 24 heavy (non-hydrogen) atoms. The molecule has 1 aromatic heterocycles. The van der Waals surface area contributed by atoms with E-state index in [0.29, 0.717) is 30.2 Å². The molecule has 0 saturated carbocycles. The monoisotopic (exact) mass is 334 g/mol. The molecular weight excluding hydrogens is 312 g/mol. The quantitative estimate of drug-likeness (QED) is 0.657. The van der Waals surface area contributed by atoms with E-state index < -0.39 is 6.10 Å². The average molecular weight is 334 g/mol. The highest BCUT2D eigenvalue weighted by Crippen LogP contribution is 2.28. The number of methoxy groups -OCH3 is 1. The Labute approximate surface area is 140 Å². The standard InChI is InChI=1S/C16H22N4O4/c1-11(21)12-4-5-14(15(6-12)23-3)24-9-13(22)7-20(2)8-16-17-10-18-19-16/h4-6,10,13,22H,7-9H2,1-3H3,(H,17,18,19)/t13-/m1/s1. The summed E-state index contributed by atoms with van der Waals surface area (Å²) in [5.74, 6) is 1.63. The van der Waals surface area contributed by atoms with Gasteiger partial charge < -0.3 is 14.6 Å². The highest BCUT2D eigenvalue weighted by atomic mass is 16.5. The summed E-state index contributed by atoms with van der Waals surface area (Å²) in [7, 11) is 3.38. The van der Waals surface area contributed by atoms with Crippen molar-refractivity contribution in [2.24, 2.45) is 0 Å². The molecule has 2 aromatic rings. The average Bonchev–Trinajstić information content (AvgIpc) is 3.05. The number of benzene rings is 1. The molecule has 2 N–H and O–H groups in total. The molecule has 0 fully saturated rings. The first-order chi connectivity index (χ1) is 11.5. The molecule has 130 valence electrons. The minimum absolute atomic E-state index is 0.0473. The number of nitrogens with zero attached hydrogens (tertiary/aromatic N) is 3. The maximum atomic E-state index is 11.4. The summed E-state index contributed by atoms with van der Waals surface area (Å²) in [6.45, 7) is 2.56. The number of hydrogen-bond acceptors (Lipinski definition) is 7. The highest BCUT2D eigenvalue weighted by molar-refractivity contribution is 5.94. The molecule has 0 saturated heterocycles. The molecule has 0 bridgehead atoms. The first kappa shape index (κ1) is 17.9. The zero-order chi connectivity index (χ0) is 17.5. The number of ketones is 1. The molecule has 0 radical (unpaired) electrons. The molecule has 1 aromatic carbocycles. The third kappa shape index (κ3) is 5.04. The Bertz CT molecular complexity index is 660. The number of aliphatic hydroxyl groups excluding tert-OH is 1. The van der Waals surface area contributed by atoms with Gasteiger partial charge in [0.15, 0.2) is 17.3 Å². The van der Waals surface area contributed by atoms with Crippen molar-refractivity contribution in [2.45, 2.75) is 19.6 Å². The fourth-order valence-corrected chi connectivity index (χ4v) is 2.23. The number of hydrogen-bond donors (Lipinski definition) is 2. The number of carbonyl (C=O) groups excluding carboxylic acids is 1. The van der Waals surface area contributed by atoms with Crippen molar-refractivity contribution in [1.82, 2.24) is 20.1 Å². The van der Waals surface area contributed by atoms with Crippen molar-refractivity contribution in [3.05, 3.63) is 35.9 Å². The van der Waals surface area contributed by atoms with Gasteiger partial charge in [0.1, 0.15) is 24.9 Å². The van der Waals surface area contributed by atoms with Crippen LogP contribution in [0.1, 0.15) is 23.1 Å². The first-order valence-electron chi connectivity index (χ1n) is 7.52. The molecule has 2 rings (SSSR count). The van der Waals surface area contributed by atoms with Crippen LogP contribution in [-0.2, 0) is 6.54 Å². The number of ether oxygens (including phenoxy) is 2.